The van der Waals surface area contributed by atoms with Crippen molar-refractivity contribution in [2.24, 2.45) is 0 Å². The molecule has 0 spiro atoms. The lowest BCUT2D eigenvalue weighted by Gasteiger charge is -2.31. The quantitative estimate of drug-likeness (QED) is 0.307. The molecule has 6 heteroatoms. The highest BCUT2D eigenvalue weighted by atomic mass is 16.2. The van der Waals surface area contributed by atoms with Crippen molar-refractivity contribution in [3.05, 3.63) is 131 Å². The van der Waals surface area contributed by atoms with Gasteiger partial charge in [0.05, 0.1) is 29.7 Å². The first-order valence-electron chi connectivity index (χ1n) is 12.5. The third-order valence-corrected chi connectivity index (χ3v) is 6.97. The molecule has 0 radical (unpaired) electrons. The molecule has 6 rings (SSSR count). The molecule has 2 aromatic heterocycles. The minimum absolute atomic E-state index is 0.149. The summed E-state index contributed by atoms with van der Waals surface area (Å²) in [6, 6.07) is 30.2. The van der Waals surface area contributed by atoms with Crippen molar-refractivity contribution in [2.75, 3.05) is 5.32 Å². The number of nitrogens with zero attached hydrogens (tertiary/aromatic N) is 4. The molecule has 37 heavy (non-hydrogen) atoms. The Bertz CT molecular complexity index is 1600. The largest absolute Gasteiger partial charge is 0.322 e. The predicted molar refractivity (Wildman–Crippen MR) is 146 cm³/mol. The molecular weight excluding hydrogens is 458 g/mol. The number of nitrogens with one attached hydrogen (secondary N) is 1. The van der Waals surface area contributed by atoms with Crippen molar-refractivity contribution in [3.63, 3.8) is 0 Å². The summed E-state index contributed by atoms with van der Waals surface area (Å²) in [5.41, 5.74) is 8.03. The number of hydrogen-bond acceptors (Lipinski definition) is 2. The smallest absolute Gasteiger partial charge is 0.308 e. The molecule has 184 valence electrons. The molecule has 1 aliphatic heterocycles. The Labute approximate surface area is 216 Å². The molecule has 6 nitrogen and oxygen atoms in total. The molecule has 0 saturated heterocycles. The maximum atomic E-state index is 14.0. The summed E-state index contributed by atoms with van der Waals surface area (Å²) in [7, 11) is 0. The van der Waals surface area contributed by atoms with Crippen LogP contribution >= 0.6 is 0 Å². The molecule has 0 unspecified atom stereocenters. The van der Waals surface area contributed by atoms with Gasteiger partial charge in [0.1, 0.15) is 5.82 Å². The van der Waals surface area contributed by atoms with Crippen LogP contribution in [0.25, 0.3) is 11.5 Å². The van der Waals surface area contributed by atoms with Crippen LogP contribution in [0, 0.1) is 20.8 Å². The van der Waals surface area contributed by atoms with Crippen molar-refractivity contribution in [1.82, 2.24) is 19.2 Å². The summed E-state index contributed by atoms with van der Waals surface area (Å²) < 4.78 is 4.18. The first-order valence-corrected chi connectivity index (χ1v) is 12.5. The van der Waals surface area contributed by atoms with Gasteiger partial charge in [-0.15, -0.1) is 0 Å². The van der Waals surface area contributed by atoms with E-state index in [9.17, 15) is 4.79 Å². The topological polar surface area (TPSA) is 55.1 Å². The number of rotatable bonds is 3. The lowest BCUT2D eigenvalue weighted by molar-refractivity contribution is 0.194. The molecule has 3 heterocycles. The van der Waals surface area contributed by atoms with Crippen molar-refractivity contribution >= 4 is 11.7 Å². The van der Waals surface area contributed by atoms with Gasteiger partial charge in [-0.2, -0.15) is 5.10 Å². The molecule has 0 bridgehead atoms. The second-order valence-corrected chi connectivity index (χ2v) is 9.68. The minimum atomic E-state index is -0.282. The molecule has 3 aromatic carbocycles. The Morgan fingerprint density at radius 2 is 1.62 bits per heavy atom. The van der Waals surface area contributed by atoms with Gasteiger partial charge in [0.15, 0.2) is 0 Å². The number of aromatic nitrogens is 3. The lowest BCUT2D eigenvalue weighted by Crippen LogP contribution is -2.38. The van der Waals surface area contributed by atoms with Gasteiger partial charge in [-0.25, -0.2) is 9.48 Å². The number of benzene rings is 3. The summed E-state index contributed by atoms with van der Waals surface area (Å²) in [4.78, 5) is 15.9. The van der Waals surface area contributed by atoms with E-state index < -0.39 is 0 Å². The molecule has 1 N–H and O–H groups in total. The zero-order valence-corrected chi connectivity index (χ0v) is 21.2. The van der Waals surface area contributed by atoms with E-state index in [0.29, 0.717) is 6.54 Å². The Morgan fingerprint density at radius 3 is 2.38 bits per heavy atom. The van der Waals surface area contributed by atoms with E-state index in [1.54, 1.807) is 0 Å². The van der Waals surface area contributed by atoms with Crippen LogP contribution in [0.5, 0.6) is 0 Å². The number of anilines is 1. The van der Waals surface area contributed by atoms with Crippen LogP contribution in [0.3, 0.4) is 0 Å². The Balaban J connectivity index is 1.54. The van der Waals surface area contributed by atoms with Crippen LogP contribution in [0.4, 0.5) is 10.5 Å². The van der Waals surface area contributed by atoms with Crippen LogP contribution in [0.2, 0.25) is 0 Å². The summed E-state index contributed by atoms with van der Waals surface area (Å²) in [6.07, 6.45) is 2.07. The van der Waals surface area contributed by atoms with Gasteiger partial charge in [-0.1, -0.05) is 60.2 Å². The van der Waals surface area contributed by atoms with Gasteiger partial charge in [0, 0.05) is 17.4 Å². The van der Waals surface area contributed by atoms with Crippen LogP contribution in [-0.4, -0.2) is 25.3 Å². The normalized spacial score (nSPS) is 14.6. The van der Waals surface area contributed by atoms with Gasteiger partial charge >= 0.3 is 6.03 Å². The first-order chi connectivity index (χ1) is 18.0. The van der Waals surface area contributed by atoms with Crippen molar-refractivity contribution in [3.8, 4) is 11.5 Å². The number of urea groups is 1. The van der Waals surface area contributed by atoms with Crippen molar-refractivity contribution in [2.45, 2.75) is 33.4 Å². The number of fused-ring (bicyclic) bond motifs is 3. The summed E-state index contributed by atoms with van der Waals surface area (Å²) in [6.45, 7) is 6.55. The highest BCUT2D eigenvalue weighted by Crippen LogP contribution is 2.39. The van der Waals surface area contributed by atoms with Gasteiger partial charge in [0.25, 0.3) is 0 Å². The molecule has 5 aromatic rings. The van der Waals surface area contributed by atoms with E-state index in [4.69, 9.17) is 5.10 Å². The van der Waals surface area contributed by atoms with E-state index >= 15 is 0 Å². The van der Waals surface area contributed by atoms with Crippen LogP contribution in [0.1, 0.15) is 39.7 Å². The summed E-state index contributed by atoms with van der Waals surface area (Å²) in [5, 5.41) is 8.08. The lowest BCUT2D eigenvalue weighted by atomic mass is 10.00. The standard InChI is InChI=1S/C31H29N5O/c1-21-10-7-12-24(18-21)29-28-16-9-17-34(28)30-27(23(3)33-36(30)26-14-5-4-6-15-26)20-35(29)31(37)32-25-13-8-11-22(2)19-25/h4-19,29H,20H2,1-3H3,(H,32,37)/t29-/m1/s1. The number of hydrogen-bond donors (Lipinski definition) is 1. The van der Waals surface area contributed by atoms with Crippen LogP contribution in [0.15, 0.2) is 97.2 Å². The van der Waals surface area contributed by atoms with E-state index in [-0.39, 0.29) is 12.1 Å². The maximum Gasteiger partial charge on any atom is 0.322 e. The third-order valence-electron chi connectivity index (χ3n) is 6.97. The number of para-hydroxylation sites is 1. The zero-order valence-electron chi connectivity index (χ0n) is 21.2. The van der Waals surface area contributed by atoms with E-state index in [0.717, 1.165) is 50.8 Å². The van der Waals surface area contributed by atoms with E-state index in [1.165, 1.54) is 0 Å². The van der Waals surface area contributed by atoms with Crippen LogP contribution < -0.4 is 5.32 Å². The molecule has 1 atom stereocenters. The molecule has 1 aliphatic rings. The molecule has 2 amide bonds. The number of amides is 2. The highest BCUT2D eigenvalue weighted by molar-refractivity contribution is 5.90. The van der Waals surface area contributed by atoms with Gasteiger partial charge < -0.3 is 14.8 Å². The average Bonchev–Trinajstić information content (AvgIpc) is 3.45. The Kier molecular flexibility index (Phi) is 5.64. The molecule has 0 saturated carbocycles. The fourth-order valence-corrected chi connectivity index (χ4v) is 5.26. The molecule has 0 aliphatic carbocycles. The number of aryl methyl sites for hydroxylation is 3. The summed E-state index contributed by atoms with van der Waals surface area (Å²) >= 11 is 0. The third kappa shape index (κ3) is 4.10. The monoisotopic (exact) mass is 487 g/mol. The first kappa shape index (κ1) is 22.9. The van der Waals surface area contributed by atoms with E-state index in [2.05, 4.69) is 65.5 Å². The predicted octanol–water partition coefficient (Wildman–Crippen LogP) is 6.73. The minimum Gasteiger partial charge on any atom is -0.308 e. The number of carbonyl (C=O) groups excluding carboxylic acids is 1. The zero-order chi connectivity index (χ0) is 25.5. The second kappa shape index (κ2) is 9.13. The van der Waals surface area contributed by atoms with E-state index in [1.807, 2.05) is 72.0 Å². The average molecular weight is 488 g/mol. The fourth-order valence-electron chi connectivity index (χ4n) is 5.26. The second-order valence-electron chi connectivity index (χ2n) is 9.68. The Morgan fingerprint density at radius 1 is 0.865 bits per heavy atom. The fraction of sp³-hybridized carbons (Fsp3) is 0.161. The molecule has 0 fully saturated rings. The van der Waals surface area contributed by atoms with Crippen molar-refractivity contribution < 1.29 is 4.79 Å². The van der Waals surface area contributed by atoms with Gasteiger partial charge in [-0.05, 0) is 68.3 Å². The summed E-state index contributed by atoms with van der Waals surface area (Å²) in [5.74, 6) is 0.965. The Hall–Kier alpha value is -4.58. The van der Waals surface area contributed by atoms with Gasteiger partial charge in [-0.3, -0.25) is 0 Å². The van der Waals surface area contributed by atoms with Gasteiger partial charge in [0.2, 0.25) is 0 Å². The SMILES string of the molecule is Cc1cccc(NC(=O)N2Cc3c(C)nn(-c4ccccc4)c3-n3cccc3[C@H]2c2cccc(C)c2)c1. The number of carbonyl (C=O) groups is 1. The van der Waals surface area contributed by atoms with Crippen molar-refractivity contribution in [1.29, 1.82) is 0 Å². The highest BCUT2D eigenvalue weighted by Gasteiger charge is 2.36. The molecular formula is C31H29N5O. The maximum absolute atomic E-state index is 14.0. The van der Waals surface area contributed by atoms with Crippen LogP contribution in [-0.2, 0) is 6.54 Å².